The van der Waals surface area contributed by atoms with E-state index in [4.69, 9.17) is 0 Å². The van der Waals surface area contributed by atoms with Crippen LogP contribution in [0.15, 0.2) is 22.7 Å². The van der Waals surface area contributed by atoms with Crippen molar-refractivity contribution in [2.45, 2.75) is 25.8 Å². The molecule has 2 nitrogen and oxygen atoms in total. The highest BCUT2D eigenvalue weighted by Gasteiger charge is 2.26. The molecule has 1 heterocycles. The summed E-state index contributed by atoms with van der Waals surface area (Å²) < 4.78 is 26.8. The van der Waals surface area contributed by atoms with Crippen LogP contribution in [0, 0.1) is 6.92 Å². The molecule has 0 aliphatic carbocycles. The number of hydrogen-bond acceptors (Lipinski definition) is 2. The van der Waals surface area contributed by atoms with E-state index >= 15 is 0 Å². The molecule has 1 aliphatic heterocycles. The van der Waals surface area contributed by atoms with E-state index in [1.165, 1.54) is 0 Å². The minimum Gasteiger partial charge on any atom is -0.314 e. The van der Waals surface area contributed by atoms with E-state index in [1.54, 1.807) is 0 Å². The molecular formula is C14H20BrClF2N2. The van der Waals surface area contributed by atoms with Gasteiger partial charge in [0.2, 0.25) is 6.43 Å². The number of alkyl halides is 2. The third-order valence-corrected chi connectivity index (χ3v) is 4.09. The molecule has 0 bridgehead atoms. The first kappa shape index (κ1) is 17.8. The van der Waals surface area contributed by atoms with Crippen LogP contribution in [0.4, 0.5) is 8.78 Å². The Labute approximate surface area is 133 Å². The highest BCUT2D eigenvalue weighted by molar-refractivity contribution is 9.10. The van der Waals surface area contributed by atoms with Crippen LogP contribution in [0.2, 0.25) is 0 Å². The first-order chi connectivity index (χ1) is 9.08. The van der Waals surface area contributed by atoms with Crippen molar-refractivity contribution in [2.24, 2.45) is 0 Å². The molecule has 20 heavy (non-hydrogen) atoms. The number of nitrogens with one attached hydrogen (secondary N) is 1. The number of hydrogen-bond donors (Lipinski definition) is 1. The Bertz CT molecular complexity index is 426. The summed E-state index contributed by atoms with van der Waals surface area (Å²) in [6, 6.07) is 5.72. The number of aryl methyl sites for hydroxylation is 1. The lowest BCUT2D eigenvalue weighted by Gasteiger charge is -2.36. The van der Waals surface area contributed by atoms with Crippen LogP contribution in [-0.2, 0) is 0 Å². The minimum atomic E-state index is -2.28. The lowest BCUT2D eigenvalue weighted by Crippen LogP contribution is -2.45. The molecule has 1 N–H and O–H groups in total. The lowest BCUT2D eigenvalue weighted by atomic mass is 9.97. The number of nitrogens with zero attached hydrogens (tertiary/aromatic N) is 1. The average Bonchev–Trinajstić information content (AvgIpc) is 2.40. The van der Waals surface area contributed by atoms with Gasteiger partial charge in [-0.3, -0.25) is 4.90 Å². The second kappa shape index (κ2) is 8.27. The topological polar surface area (TPSA) is 15.3 Å². The fourth-order valence-corrected chi connectivity index (χ4v) is 2.98. The Morgan fingerprint density at radius 2 is 1.95 bits per heavy atom. The highest BCUT2D eigenvalue weighted by Crippen LogP contribution is 2.31. The maximum absolute atomic E-state index is 12.9. The van der Waals surface area contributed by atoms with Crippen molar-refractivity contribution in [1.82, 2.24) is 10.2 Å². The maximum Gasteiger partial charge on any atom is 0.240 e. The van der Waals surface area contributed by atoms with E-state index < -0.39 is 6.43 Å². The molecule has 1 saturated heterocycles. The van der Waals surface area contributed by atoms with E-state index in [2.05, 4.69) is 26.1 Å². The molecule has 0 amide bonds. The van der Waals surface area contributed by atoms with Crippen LogP contribution < -0.4 is 5.32 Å². The summed E-state index contributed by atoms with van der Waals surface area (Å²) in [4.78, 5) is 2.16. The molecule has 1 aliphatic rings. The summed E-state index contributed by atoms with van der Waals surface area (Å²) >= 11 is 3.44. The van der Waals surface area contributed by atoms with Crippen molar-refractivity contribution >= 4 is 28.3 Å². The van der Waals surface area contributed by atoms with Gasteiger partial charge < -0.3 is 5.32 Å². The largest absolute Gasteiger partial charge is 0.314 e. The molecule has 2 rings (SSSR count). The zero-order valence-electron chi connectivity index (χ0n) is 11.4. The van der Waals surface area contributed by atoms with Crippen molar-refractivity contribution in [3.8, 4) is 0 Å². The lowest BCUT2D eigenvalue weighted by molar-refractivity contribution is 0.0737. The van der Waals surface area contributed by atoms with Crippen molar-refractivity contribution < 1.29 is 8.78 Å². The predicted octanol–water partition coefficient (Wildman–Crippen LogP) is 3.78. The van der Waals surface area contributed by atoms with Crippen LogP contribution in [0.5, 0.6) is 0 Å². The highest BCUT2D eigenvalue weighted by atomic mass is 79.9. The van der Waals surface area contributed by atoms with Gasteiger partial charge in [0.05, 0.1) is 0 Å². The van der Waals surface area contributed by atoms with Gasteiger partial charge in [0.1, 0.15) is 0 Å². The van der Waals surface area contributed by atoms with Crippen LogP contribution in [0.1, 0.15) is 23.6 Å². The van der Waals surface area contributed by atoms with Gasteiger partial charge in [0.15, 0.2) is 0 Å². The SMILES string of the molecule is Cc1ccc(Br)cc1[C@H](CC(F)F)N1CCNCC1.Cl. The first-order valence-electron chi connectivity index (χ1n) is 6.57. The zero-order valence-corrected chi connectivity index (χ0v) is 13.8. The Hall–Kier alpha value is -0.230. The van der Waals surface area contributed by atoms with E-state index in [1.807, 2.05) is 25.1 Å². The number of halogens is 4. The Morgan fingerprint density at radius 3 is 2.55 bits per heavy atom. The van der Waals surface area contributed by atoms with Gasteiger partial charge in [-0.2, -0.15) is 0 Å². The molecule has 0 radical (unpaired) electrons. The smallest absolute Gasteiger partial charge is 0.240 e. The van der Waals surface area contributed by atoms with Gasteiger partial charge in [-0.15, -0.1) is 12.4 Å². The normalized spacial score (nSPS) is 17.9. The molecule has 0 unspecified atom stereocenters. The second-order valence-corrected chi connectivity index (χ2v) is 5.85. The summed E-state index contributed by atoms with van der Waals surface area (Å²) in [7, 11) is 0. The minimum absolute atomic E-state index is 0. The molecule has 1 aromatic rings. The third kappa shape index (κ3) is 4.65. The monoisotopic (exact) mass is 368 g/mol. The van der Waals surface area contributed by atoms with E-state index in [9.17, 15) is 8.78 Å². The summed E-state index contributed by atoms with van der Waals surface area (Å²) in [6.07, 6.45) is -2.38. The molecule has 1 fully saturated rings. The predicted molar refractivity (Wildman–Crippen MR) is 83.9 cm³/mol. The first-order valence-corrected chi connectivity index (χ1v) is 7.36. The van der Waals surface area contributed by atoms with Crippen molar-refractivity contribution in [3.05, 3.63) is 33.8 Å². The van der Waals surface area contributed by atoms with Gasteiger partial charge in [0, 0.05) is 43.1 Å². The maximum atomic E-state index is 12.9. The molecule has 1 aromatic carbocycles. The standard InChI is InChI=1S/C14H19BrF2N2.ClH/c1-10-2-3-11(15)8-12(10)13(9-14(16)17)19-6-4-18-5-7-19;/h2-3,8,13-14,18H,4-7,9H2,1H3;1H/t13-;/m0./s1. The van der Waals surface area contributed by atoms with Crippen molar-refractivity contribution in [3.63, 3.8) is 0 Å². The number of benzene rings is 1. The van der Waals surface area contributed by atoms with Gasteiger partial charge in [-0.25, -0.2) is 8.78 Å². The molecule has 6 heteroatoms. The molecule has 0 saturated carbocycles. The molecule has 114 valence electrons. The van der Waals surface area contributed by atoms with Crippen LogP contribution in [0.25, 0.3) is 0 Å². The number of rotatable bonds is 4. The second-order valence-electron chi connectivity index (χ2n) is 4.93. The molecule has 0 aromatic heterocycles. The Balaban J connectivity index is 0.00000200. The number of piperazine rings is 1. The zero-order chi connectivity index (χ0) is 13.8. The van der Waals surface area contributed by atoms with Crippen LogP contribution in [-0.4, -0.2) is 37.5 Å². The molecular weight excluding hydrogens is 350 g/mol. The van der Waals surface area contributed by atoms with Gasteiger partial charge in [0.25, 0.3) is 0 Å². The third-order valence-electron chi connectivity index (χ3n) is 3.59. The fourth-order valence-electron chi connectivity index (χ4n) is 2.61. The van der Waals surface area contributed by atoms with Crippen LogP contribution in [0.3, 0.4) is 0 Å². The summed E-state index contributed by atoms with van der Waals surface area (Å²) in [6.45, 7) is 5.37. The Kier molecular flexibility index (Phi) is 7.37. The quantitative estimate of drug-likeness (QED) is 0.869. The Morgan fingerprint density at radius 1 is 1.30 bits per heavy atom. The fraction of sp³-hybridized carbons (Fsp3) is 0.571. The van der Waals surface area contributed by atoms with Gasteiger partial charge in [-0.05, 0) is 30.2 Å². The molecule has 0 spiro atoms. The average molecular weight is 370 g/mol. The van der Waals surface area contributed by atoms with Crippen molar-refractivity contribution in [2.75, 3.05) is 26.2 Å². The van der Waals surface area contributed by atoms with E-state index in [-0.39, 0.29) is 24.9 Å². The van der Waals surface area contributed by atoms with E-state index in [0.717, 1.165) is 41.8 Å². The summed E-state index contributed by atoms with van der Waals surface area (Å²) in [5.41, 5.74) is 2.09. The molecule has 1 atom stereocenters. The van der Waals surface area contributed by atoms with Gasteiger partial charge in [-0.1, -0.05) is 22.0 Å². The van der Waals surface area contributed by atoms with Gasteiger partial charge >= 0.3 is 0 Å². The van der Waals surface area contributed by atoms with Crippen LogP contribution >= 0.6 is 28.3 Å². The van der Waals surface area contributed by atoms with Crippen molar-refractivity contribution in [1.29, 1.82) is 0 Å². The summed E-state index contributed by atoms with van der Waals surface area (Å²) in [5.74, 6) is 0. The van der Waals surface area contributed by atoms with E-state index in [0.29, 0.717) is 0 Å². The summed E-state index contributed by atoms with van der Waals surface area (Å²) in [5, 5.41) is 3.26.